The Balaban J connectivity index is 1.66. The number of hydrogen-bond acceptors (Lipinski definition) is 3. The average Bonchev–Trinajstić information content (AvgIpc) is 3.12. The number of rotatable bonds is 8. The van der Waals surface area contributed by atoms with Gasteiger partial charge in [-0.2, -0.15) is 0 Å². The number of nitrogens with two attached hydrogens (primary N) is 1. The summed E-state index contributed by atoms with van der Waals surface area (Å²) in [7, 11) is 0. The highest BCUT2D eigenvalue weighted by Gasteiger charge is 2.29. The van der Waals surface area contributed by atoms with Gasteiger partial charge in [0.05, 0.1) is 0 Å². The molecule has 0 saturated heterocycles. The van der Waals surface area contributed by atoms with Crippen LogP contribution in [-0.2, 0) is 9.59 Å². The molecule has 2 saturated carbocycles. The molecule has 2 amide bonds. The summed E-state index contributed by atoms with van der Waals surface area (Å²) in [6.45, 7) is 4.68. The van der Waals surface area contributed by atoms with E-state index in [4.69, 9.17) is 5.73 Å². The maximum Gasteiger partial charge on any atom is 0.223 e. The molecule has 2 rings (SSSR count). The standard InChI is InChI=1S/C20H37N3O2/c1-3-20(21,4-2)14-22-19(25)16-9-11-17(12-10-16)23-18(24)13-15-7-5-6-8-15/h15-17H,3-14,21H2,1-2H3,(H,22,25)(H,23,24). The van der Waals surface area contributed by atoms with Gasteiger partial charge in [0, 0.05) is 30.5 Å². The zero-order chi connectivity index (χ0) is 18.3. The molecule has 25 heavy (non-hydrogen) atoms. The summed E-state index contributed by atoms with van der Waals surface area (Å²) >= 11 is 0. The molecule has 2 fully saturated rings. The second-order valence-electron chi connectivity index (χ2n) is 8.26. The van der Waals surface area contributed by atoms with E-state index in [9.17, 15) is 9.59 Å². The van der Waals surface area contributed by atoms with Crippen molar-refractivity contribution in [2.24, 2.45) is 17.6 Å². The highest BCUT2D eigenvalue weighted by molar-refractivity contribution is 5.79. The molecule has 0 bridgehead atoms. The van der Waals surface area contributed by atoms with Crippen molar-refractivity contribution in [3.8, 4) is 0 Å². The van der Waals surface area contributed by atoms with Gasteiger partial charge in [0.25, 0.3) is 0 Å². The van der Waals surface area contributed by atoms with E-state index in [1.165, 1.54) is 25.7 Å². The Morgan fingerprint density at radius 3 is 2.16 bits per heavy atom. The van der Waals surface area contributed by atoms with Crippen LogP contribution in [0.3, 0.4) is 0 Å². The SMILES string of the molecule is CCC(N)(CC)CNC(=O)C1CCC(NC(=O)CC2CCCC2)CC1. The molecule has 0 aromatic rings. The van der Waals surface area contributed by atoms with Gasteiger partial charge in [0.2, 0.25) is 11.8 Å². The Morgan fingerprint density at radius 2 is 1.60 bits per heavy atom. The molecule has 5 heteroatoms. The summed E-state index contributed by atoms with van der Waals surface area (Å²) in [4.78, 5) is 24.5. The molecule has 0 heterocycles. The van der Waals surface area contributed by atoms with Crippen LogP contribution < -0.4 is 16.4 Å². The molecular formula is C20H37N3O2. The normalized spacial score (nSPS) is 24.9. The lowest BCUT2D eigenvalue weighted by molar-refractivity contribution is -0.126. The second kappa shape index (κ2) is 9.56. The smallest absolute Gasteiger partial charge is 0.223 e. The number of carbonyl (C=O) groups is 2. The molecule has 2 aliphatic carbocycles. The summed E-state index contributed by atoms with van der Waals surface area (Å²) in [5.41, 5.74) is 5.97. The van der Waals surface area contributed by atoms with Crippen molar-refractivity contribution in [3.63, 3.8) is 0 Å². The van der Waals surface area contributed by atoms with E-state index in [0.29, 0.717) is 18.9 Å². The molecular weight excluding hydrogens is 314 g/mol. The van der Waals surface area contributed by atoms with Gasteiger partial charge in [-0.1, -0.05) is 26.7 Å². The van der Waals surface area contributed by atoms with Gasteiger partial charge in [0.15, 0.2) is 0 Å². The second-order valence-corrected chi connectivity index (χ2v) is 8.26. The highest BCUT2D eigenvalue weighted by atomic mass is 16.2. The van der Waals surface area contributed by atoms with Crippen LogP contribution in [0.4, 0.5) is 0 Å². The summed E-state index contributed by atoms with van der Waals surface area (Å²) in [5, 5.41) is 6.24. The predicted octanol–water partition coefficient (Wildman–Crippen LogP) is 2.88. The largest absolute Gasteiger partial charge is 0.354 e. The molecule has 5 nitrogen and oxygen atoms in total. The third-order valence-electron chi connectivity index (χ3n) is 6.43. The Morgan fingerprint density at radius 1 is 1.00 bits per heavy atom. The molecule has 0 atom stereocenters. The van der Waals surface area contributed by atoms with Gasteiger partial charge in [-0.25, -0.2) is 0 Å². The fraction of sp³-hybridized carbons (Fsp3) is 0.900. The van der Waals surface area contributed by atoms with Gasteiger partial charge >= 0.3 is 0 Å². The van der Waals surface area contributed by atoms with Crippen LogP contribution in [0.5, 0.6) is 0 Å². The molecule has 2 aliphatic rings. The summed E-state index contributed by atoms with van der Waals surface area (Å²) in [6.07, 6.45) is 10.9. The molecule has 0 aromatic heterocycles. The predicted molar refractivity (Wildman–Crippen MR) is 101 cm³/mol. The third-order valence-corrected chi connectivity index (χ3v) is 6.43. The van der Waals surface area contributed by atoms with Crippen LogP contribution in [0.2, 0.25) is 0 Å². The Bertz CT molecular complexity index is 434. The van der Waals surface area contributed by atoms with Crippen molar-refractivity contribution in [2.45, 2.75) is 96.1 Å². The zero-order valence-corrected chi connectivity index (χ0v) is 16.1. The lowest BCUT2D eigenvalue weighted by Gasteiger charge is -2.31. The Kier molecular flexibility index (Phi) is 7.73. The van der Waals surface area contributed by atoms with Crippen molar-refractivity contribution in [2.75, 3.05) is 6.54 Å². The van der Waals surface area contributed by atoms with E-state index in [-0.39, 0.29) is 29.3 Å². The lowest BCUT2D eigenvalue weighted by atomic mass is 9.85. The van der Waals surface area contributed by atoms with Crippen molar-refractivity contribution < 1.29 is 9.59 Å². The van der Waals surface area contributed by atoms with Crippen LogP contribution in [-0.4, -0.2) is 29.9 Å². The first kappa shape index (κ1) is 20.2. The van der Waals surface area contributed by atoms with Crippen molar-refractivity contribution in [3.05, 3.63) is 0 Å². The van der Waals surface area contributed by atoms with E-state index in [0.717, 1.165) is 38.5 Å². The minimum atomic E-state index is -0.291. The van der Waals surface area contributed by atoms with Crippen LogP contribution in [0.15, 0.2) is 0 Å². The third kappa shape index (κ3) is 6.28. The quantitative estimate of drug-likeness (QED) is 0.629. The van der Waals surface area contributed by atoms with Crippen LogP contribution >= 0.6 is 0 Å². The number of amides is 2. The molecule has 4 N–H and O–H groups in total. The van der Waals surface area contributed by atoms with Crippen molar-refractivity contribution >= 4 is 11.8 Å². The lowest BCUT2D eigenvalue weighted by Crippen LogP contribution is -2.50. The van der Waals surface area contributed by atoms with E-state index in [2.05, 4.69) is 24.5 Å². The van der Waals surface area contributed by atoms with Gasteiger partial charge in [0.1, 0.15) is 0 Å². The van der Waals surface area contributed by atoms with Gasteiger partial charge in [-0.3, -0.25) is 9.59 Å². The molecule has 0 aromatic carbocycles. The molecule has 0 aliphatic heterocycles. The monoisotopic (exact) mass is 351 g/mol. The van der Waals surface area contributed by atoms with Crippen molar-refractivity contribution in [1.29, 1.82) is 0 Å². The van der Waals surface area contributed by atoms with E-state index < -0.39 is 0 Å². The van der Waals surface area contributed by atoms with E-state index >= 15 is 0 Å². The van der Waals surface area contributed by atoms with Gasteiger partial charge < -0.3 is 16.4 Å². The van der Waals surface area contributed by atoms with Crippen LogP contribution in [0.1, 0.15) is 84.5 Å². The summed E-state index contributed by atoms with van der Waals surface area (Å²) < 4.78 is 0. The first-order valence-corrected chi connectivity index (χ1v) is 10.3. The first-order chi connectivity index (χ1) is 12.0. The van der Waals surface area contributed by atoms with E-state index in [1.807, 2.05) is 0 Å². The van der Waals surface area contributed by atoms with E-state index in [1.54, 1.807) is 0 Å². The summed E-state index contributed by atoms with van der Waals surface area (Å²) in [6, 6.07) is 0.248. The number of nitrogens with one attached hydrogen (secondary N) is 2. The minimum Gasteiger partial charge on any atom is -0.354 e. The van der Waals surface area contributed by atoms with Crippen LogP contribution in [0, 0.1) is 11.8 Å². The first-order valence-electron chi connectivity index (χ1n) is 10.3. The topological polar surface area (TPSA) is 84.2 Å². The number of carbonyl (C=O) groups excluding carboxylic acids is 2. The van der Waals surface area contributed by atoms with Crippen molar-refractivity contribution in [1.82, 2.24) is 10.6 Å². The highest BCUT2D eigenvalue weighted by Crippen LogP contribution is 2.28. The number of hydrogen-bond donors (Lipinski definition) is 3. The fourth-order valence-electron chi connectivity index (χ4n) is 4.17. The molecule has 0 radical (unpaired) electrons. The molecule has 144 valence electrons. The van der Waals surface area contributed by atoms with Gasteiger partial charge in [-0.15, -0.1) is 0 Å². The average molecular weight is 352 g/mol. The Hall–Kier alpha value is -1.10. The van der Waals surface area contributed by atoms with Crippen LogP contribution in [0.25, 0.3) is 0 Å². The summed E-state index contributed by atoms with van der Waals surface area (Å²) in [5.74, 6) is 1.00. The fourth-order valence-corrected chi connectivity index (χ4v) is 4.17. The minimum absolute atomic E-state index is 0.0703. The maximum absolute atomic E-state index is 12.4. The Labute approximate surface area is 152 Å². The molecule has 0 unspecified atom stereocenters. The maximum atomic E-state index is 12.4. The molecule has 0 spiro atoms. The zero-order valence-electron chi connectivity index (χ0n) is 16.1. The van der Waals surface area contributed by atoms with Gasteiger partial charge in [-0.05, 0) is 57.3 Å².